The summed E-state index contributed by atoms with van der Waals surface area (Å²) in [4.78, 5) is 15.7. The molecule has 1 fully saturated rings. The van der Waals surface area contributed by atoms with E-state index in [2.05, 4.69) is 10.1 Å². The fourth-order valence-electron chi connectivity index (χ4n) is 1.80. The Balaban J connectivity index is 2.53. The SMILES string of the molecule is CC1CN(C)CCN1C(=O)CC(N)=NO. The van der Waals surface area contributed by atoms with Gasteiger partial charge in [0.1, 0.15) is 5.84 Å². The molecule has 0 aliphatic carbocycles. The van der Waals surface area contributed by atoms with Crippen molar-refractivity contribution in [3.05, 3.63) is 0 Å². The van der Waals surface area contributed by atoms with E-state index in [1.54, 1.807) is 4.90 Å². The highest BCUT2D eigenvalue weighted by Crippen LogP contribution is 2.09. The quantitative estimate of drug-likeness (QED) is 0.275. The van der Waals surface area contributed by atoms with Crippen molar-refractivity contribution in [1.82, 2.24) is 9.80 Å². The zero-order chi connectivity index (χ0) is 11.4. The number of oxime groups is 1. The van der Waals surface area contributed by atoms with Crippen LogP contribution < -0.4 is 5.73 Å². The molecule has 1 rings (SSSR count). The topological polar surface area (TPSA) is 82.2 Å². The summed E-state index contributed by atoms with van der Waals surface area (Å²) in [5, 5.41) is 11.2. The van der Waals surface area contributed by atoms with E-state index in [1.807, 2.05) is 14.0 Å². The number of nitrogens with two attached hydrogens (primary N) is 1. The number of carbonyl (C=O) groups is 1. The van der Waals surface area contributed by atoms with Gasteiger partial charge in [0.25, 0.3) is 0 Å². The monoisotopic (exact) mass is 214 g/mol. The van der Waals surface area contributed by atoms with Crippen molar-refractivity contribution >= 4 is 11.7 Å². The van der Waals surface area contributed by atoms with Gasteiger partial charge in [-0.3, -0.25) is 4.79 Å². The lowest BCUT2D eigenvalue weighted by Crippen LogP contribution is -2.53. The van der Waals surface area contributed by atoms with Gasteiger partial charge in [-0.2, -0.15) is 0 Å². The molecule has 0 bridgehead atoms. The van der Waals surface area contributed by atoms with Gasteiger partial charge in [-0.05, 0) is 14.0 Å². The third-order valence-electron chi connectivity index (χ3n) is 2.61. The van der Waals surface area contributed by atoms with Gasteiger partial charge in [0.05, 0.1) is 6.42 Å². The Labute approximate surface area is 89.3 Å². The van der Waals surface area contributed by atoms with Gasteiger partial charge in [-0.25, -0.2) is 0 Å². The summed E-state index contributed by atoms with van der Waals surface area (Å²) in [5.74, 6) is -0.114. The van der Waals surface area contributed by atoms with Gasteiger partial charge >= 0.3 is 0 Å². The van der Waals surface area contributed by atoms with Crippen LogP contribution >= 0.6 is 0 Å². The van der Waals surface area contributed by atoms with E-state index in [1.165, 1.54) is 0 Å². The van der Waals surface area contributed by atoms with Crippen LogP contribution in [0.2, 0.25) is 0 Å². The molecule has 0 radical (unpaired) electrons. The van der Waals surface area contributed by atoms with Gasteiger partial charge in [-0.15, -0.1) is 0 Å². The molecule has 6 nitrogen and oxygen atoms in total. The summed E-state index contributed by atoms with van der Waals surface area (Å²) >= 11 is 0. The summed E-state index contributed by atoms with van der Waals surface area (Å²) in [7, 11) is 2.03. The number of hydrogen-bond donors (Lipinski definition) is 2. The lowest BCUT2D eigenvalue weighted by atomic mass is 10.2. The second-order valence-corrected chi connectivity index (χ2v) is 3.97. The Bertz CT molecular complexity index is 267. The van der Waals surface area contributed by atoms with Crippen LogP contribution in [0, 0.1) is 0 Å². The zero-order valence-corrected chi connectivity index (χ0v) is 9.18. The van der Waals surface area contributed by atoms with Crippen LogP contribution in [0.5, 0.6) is 0 Å². The van der Waals surface area contributed by atoms with Crippen LogP contribution in [-0.2, 0) is 4.79 Å². The molecule has 1 aliphatic heterocycles. The highest BCUT2D eigenvalue weighted by molar-refractivity contribution is 5.98. The van der Waals surface area contributed by atoms with Crippen molar-refractivity contribution in [2.24, 2.45) is 10.9 Å². The number of carbonyl (C=O) groups excluding carboxylic acids is 1. The molecule has 1 amide bonds. The molecule has 1 saturated heterocycles. The standard InChI is InChI=1S/C9H18N4O2/c1-7-6-12(2)3-4-13(7)9(14)5-8(10)11-15/h7,15H,3-6H2,1-2H3,(H2,10,11). The minimum absolute atomic E-state index is 0.00937. The van der Waals surface area contributed by atoms with E-state index < -0.39 is 0 Å². The van der Waals surface area contributed by atoms with Crippen molar-refractivity contribution < 1.29 is 10.0 Å². The average molecular weight is 214 g/mol. The maximum absolute atomic E-state index is 11.7. The van der Waals surface area contributed by atoms with Crippen LogP contribution in [0.15, 0.2) is 5.16 Å². The predicted octanol–water partition coefficient (Wildman–Crippen LogP) is -0.715. The van der Waals surface area contributed by atoms with E-state index in [0.717, 1.165) is 13.1 Å². The first kappa shape index (κ1) is 11.8. The van der Waals surface area contributed by atoms with Gasteiger partial charge in [0, 0.05) is 25.7 Å². The normalized spacial score (nSPS) is 24.3. The number of amides is 1. The maximum atomic E-state index is 11.7. The fraction of sp³-hybridized carbons (Fsp3) is 0.778. The Morgan fingerprint density at radius 2 is 2.27 bits per heavy atom. The van der Waals surface area contributed by atoms with Gasteiger partial charge in [0.15, 0.2) is 0 Å². The number of nitrogens with zero attached hydrogens (tertiary/aromatic N) is 3. The third-order valence-corrected chi connectivity index (χ3v) is 2.61. The molecule has 1 aliphatic rings. The molecule has 0 spiro atoms. The molecule has 86 valence electrons. The summed E-state index contributed by atoms with van der Waals surface area (Å²) in [6, 6.07) is 0.183. The summed E-state index contributed by atoms with van der Waals surface area (Å²) in [6.45, 7) is 4.43. The molecule has 6 heteroatoms. The highest BCUT2D eigenvalue weighted by Gasteiger charge is 2.25. The number of likely N-dealkylation sites (N-methyl/N-ethyl adjacent to an activating group) is 1. The fourth-order valence-corrected chi connectivity index (χ4v) is 1.80. The van der Waals surface area contributed by atoms with E-state index in [-0.39, 0.29) is 24.2 Å². The number of piperazine rings is 1. The smallest absolute Gasteiger partial charge is 0.230 e. The molecular weight excluding hydrogens is 196 g/mol. The van der Waals surface area contributed by atoms with Crippen LogP contribution in [0.3, 0.4) is 0 Å². The molecule has 0 aromatic heterocycles. The Morgan fingerprint density at radius 3 is 2.80 bits per heavy atom. The zero-order valence-electron chi connectivity index (χ0n) is 9.18. The number of rotatable bonds is 2. The van der Waals surface area contributed by atoms with Crippen LogP contribution in [0.4, 0.5) is 0 Å². The molecular formula is C9H18N4O2. The van der Waals surface area contributed by atoms with Gasteiger partial charge < -0.3 is 20.7 Å². The predicted molar refractivity (Wildman–Crippen MR) is 56.7 cm³/mol. The van der Waals surface area contributed by atoms with Gasteiger partial charge in [-0.1, -0.05) is 5.16 Å². The van der Waals surface area contributed by atoms with E-state index in [4.69, 9.17) is 10.9 Å². The Kier molecular flexibility index (Phi) is 3.90. The van der Waals surface area contributed by atoms with Crippen molar-refractivity contribution in [3.8, 4) is 0 Å². The molecule has 1 unspecified atom stereocenters. The molecule has 1 heterocycles. The van der Waals surface area contributed by atoms with Crippen LogP contribution in [0.1, 0.15) is 13.3 Å². The first-order valence-electron chi connectivity index (χ1n) is 4.99. The molecule has 0 aromatic rings. The first-order chi connectivity index (χ1) is 7.04. The summed E-state index contributed by atoms with van der Waals surface area (Å²) in [5.41, 5.74) is 5.30. The largest absolute Gasteiger partial charge is 0.409 e. The summed E-state index contributed by atoms with van der Waals surface area (Å²) < 4.78 is 0. The second-order valence-electron chi connectivity index (χ2n) is 3.97. The highest BCUT2D eigenvalue weighted by atomic mass is 16.4. The lowest BCUT2D eigenvalue weighted by molar-refractivity contribution is -0.134. The molecule has 0 aromatic carbocycles. The average Bonchev–Trinajstić information content (AvgIpc) is 2.17. The van der Waals surface area contributed by atoms with Crippen molar-refractivity contribution in [2.75, 3.05) is 26.7 Å². The maximum Gasteiger partial charge on any atom is 0.230 e. The number of amidine groups is 1. The second kappa shape index (κ2) is 4.97. The minimum Gasteiger partial charge on any atom is -0.409 e. The summed E-state index contributed by atoms with van der Waals surface area (Å²) in [6.07, 6.45) is -0.00937. The van der Waals surface area contributed by atoms with Crippen molar-refractivity contribution in [1.29, 1.82) is 0 Å². The van der Waals surface area contributed by atoms with Gasteiger partial charge in [0.2, 0.25) is 5.91 Å². The molecule has 3 N–H and O–H groups in total. The van der Waals surface area contributed by atoms with Crippen LogP contribution in [0.25, 0.3) is 0 Å². The van der Waals surface area contributed by atoms with Crippen molar-refractivity contribution in [2.45, 2.75) is 19.4 Å². The Morgan fingerprint density at radius 1 is 1.60 bits per heavy atom. The number of hydrogen-bond acceptors (Lipinski definition) is 4. The minimum atomic E-state index is -0.0779. The molecule has 0 saturated carbocycles. The molecule has 15 heavy (non-hydrogen) atoms. The van der Waals surface area contributed by atoms with E-state index in [0.29, 0.717) is 6.54 Å². The first-order valence-corrected chi connectivity index (χ1v) is 4.99. The van der Waals surface area contributed by atoms with E-state index >= 15 is 0 Å². The van der Waals surface area contributed by atoms with Crippen molar-refractivity contribution in [3.63, 3.8) is 0 Å². The molecule has 1 atom stereocenters. The third kappa shape index (κ3) is 3.09. The Hall–Kier alpha value is -1.30. The van der Waals surface area contributed by atoms with Crippen LogP contribution in [-0.4, -0.2) is 59.5 Å². The van der Waals surface area contributed by atoms with E-state index in [9.17, 15) is 4.79 Å². The lowest BCUT2D eigenvalue weighted by Gasteiger charge is -2.38.